The zero-order valence-corrected chi connectivity index (χ0v) is 12.5. The van der Waals surface area contributed by atoms with Gasteiger partial charge in [-0.05, 0) is 42.5 Å². The van der Waals surface area contributed by atoms with Crippen molar-refractivity contribution in [2.45, 2.75) is 18.2 Å². The molecule has 3 N–H and O–H groups in total. The molecule has 1 heterocycles. The van der Waals surface area contributed by atoms with Gasteiger partial charge in [0.25, 0.3) is 0 Å². The van der Waals surface area contributed by atoms with E-state index in [9.17, 15) is 12.8 Å². The number of halogens is 1. The maximum Gasteiger partial charge on any atom is 0.243 e. The fourth-order valence-electron chi connectivity index (χ4n) is 1.80. The van der Waals surface area contributed by atoms with E-state index >= 15 is 0 Å². The smallest absolute Gasteiger partial charge is 0.243 e. The molecule has 0 radical (unpaired) electrons. The van der Waals surface area contributed by atoms with Crippen LogP contribution in [-0.2, 0) is 16.4 Å². The second-order valence-electron chi connectivity index (χ2n) is 4.38. The molecule has 20 heavy (non-hydrogen) atoms. The topological polar surface area (TPSA) is 72.2 Å². The summed E-state index contributed by atoms with van der Waals surface area (Å²) in [4.78, 5) is 0.665. The van der Waals surface area contributed by atoms with E-state index in [-0.39, 0.29) is 17.8 Å². The normalized spacial score (nSPS) is 11.7. The molecular formula is C13H15FN2O2S2. The number of hydrogen-bond donors (Lipinski definition) is 2. The summed E-state index contributed by atoms with van der Waals surface area (Å²) in [6.07, 6.45) is 0.569. The van der Waals surface area contributed by atoms with E-state index in [1.807, 2.05) is 17.5 Å². The molecule has 0 bridgehead atoms. The van der Waals surface area contributed by atoms with Gasteiger partial charge in [-0.15, -0.1) is 11.3 Å². The fraction of sp³-hybridized carbons (Fsp3) is 0.231. The van der Waals surface area contributed by atoms with Crippen molar-refractivity contribution in [3.8, 4) is 0 Å². The zero-order chi connectivity index (χ0) is 14.8. The van der Waals surface area contributed by atoms with Crippen LogP contribution >= 0.6 is 11.3 Å². The maximum atomic E-state index is 13.9. The number of thiophene rings is 1. The van der Waals surface area contributed by atoms with Crippen LogP contribution in [0.25, 0.3) is 0 Å². The Morgan fingerprint density at radius 1 is 1.40 bits per heavy atom. The molecule has 0 saturated heterocycles. The Hall–Kier alpha value is -1.44. The van der Waals surface area contributed by atoms with Gasteiger partial charge in [0.1, 0.15) is 10.7 Å². The molecule has 1 aromatic heterocycles. The molecule has 0 atom stereocenters. The lowest BCUT2D eigenvalue weighted by molar-refractivity contribution is 0.553. The average molecular weight is 314 g/mol. The fourth-order valence-corrected chi connectivity index (χ4v) is 3.72. The van der Waals surface area contributed by atoms with Gasteiger partial charge in [-0.25, -0.2) is 17.5 Å². The van der Waals surface area contributed by atoms with Crippen LogP contribution in [0.4, 0.5) is 10.1 Å². The summed E-state index contributed by atoms with van der Waals surface area (Å²) in [5.74, 6) is -0.761. The van der Waals surface area contributed by atoms with Crippen LogP contribution in [0, 0.1) is 12.7 Å². The molecule has 0 amide bonds. The lowest BCUT2D eigenvalue weighted by atomic mass is 10.2. The molecule has 4 nitrogen and oxygen atoms in total. The molecule has 0 unspecified atom stereocenters. The van der Waals surface area contributed by atoms with Crippen molar-refractivity contribution in [1.29, 1.82) is 0 Å². The molecule has 7 heteroatoms. The summed E-state index contributed by atoms with van der Waals surface area (Å²) in [6, 6.07) is 6.36. The number of rotatable bonds is 5. The third-order valence-electron chi connectivity index (χ3n) is 2.78. The Kier molecular flexibility index (Phi) is 4.42. The van der Waals surface area contributed by atoms with Crippen LogP contribution in [-0.4, -0.2) is 15.0 Å². The summed E-state index contributed by atoms with van der Waals surface area (Å²) >= 11 is 1.55. The summed E-state index contributed by atoms with van der Waals surface area (Å²) in [5.41, 5.74) is 6.01. The standard InChI is InChI=1S/C13H15FN2O2S2/c1-9-7-10(15)8-12(13(9)14)20(17,18)16-5-4-11-3-2-6-19-11/h2-3,6-8,16H,4-5,15H2,1H3. The van der Waals surface area contributed by atoms with Crippen molar-refractivity contribution in [3.63, 3.8) is 0 Å². The summed E-state index contributed by atoms with van der Waals surface area (Å²) in [5, 5.41) is 1.92. The second kappa shape index (κ2) is 5.90. The average Bonchev–Trinajstić information content (AvgIpc) is 2.86. The first-order valence-electron chi connectivity index (χ1n) is 5.98. The first-order valence-corrected chi connectivity index (χ1v) is 8.34. The number of hydrogen-bond acceptors (Lipinski definition) is 4. The number of anilines is 1. The predicted octanol–water partition coefficient (Wildman–Crippen LogP) is 2.30. The predicted molar refractivity (Wildman–Crippen MR) is 78.8 cm³/mol. The Bertz CT molecular complexity index is 697. The van der Waals surface area contributed by atoms with Crippen molar-refractivity contribution in [1.82, 2.24) is 4.72 Å². The first kappa shape index (κ1) is 15.0. The number of nitrogen functional groups attached to an aromatic ring is 1. The van der Waals surface area contributed by atoms with Crippen LogP contribution in [0.3, 0.4) is 0 Å². The van der Waals surface area contributed by atoms with Gasteiger partial charge >= 0.3 is 0 Å². The van der Waals surface area contributed by atoms with Gasteiger partial charge < -0.3 is 5.73 Å². The Morgan fingerprint density at radius 2 is 2.15 bits per heavy atom. The molecule has 108 valence electrons. The monoisotopic (exact) mass is 314 g/mol. The highest BCUT2D eigenvalue weighted by molar-refractivity contribution is 7.89. The molecular weight excluding hydrogens is 299 g/mol. The molecule has 0 aliphatic heterocycles. The van der Waals surface area contributed by atoms with Crippen LogP contribution in [0.15, 0.2) is 34.5 Å². The summed E-state index contributed by atoms with van der Waals surface area (Å²) < 4.78 is 40.5. The van der Waals surface area contributed by atoms with Crippen molar-refractivity contribution in [2.75, 3.05) is 12.3 Å². The zero-order valence-electron chi connectivity index (χ0n) is 10.9. The maximum absolute atomic E-state index is 13.9. The molecule has 0 aliphatic carbocycles. The number of sulfonamides is 1. The molecule has 2 aromatic rings. The number of nitrogens with two attached hydrogens (primary N) is 1. The van der Waals surface area contributed by atoms with E-state index in [1.54, 1.807) is 11.3 Å². The molecule has 2 rings (SSSR count). The van der Waals surface area contributed by atoms with E-state index in [0.29, 0.717) is 6.42 Å². The Labute approximate surface area is 121 Å². The molecule has 1 aromatic carbocycles. The SMILES string of the molecule is Cc1cc(N)cc(S(=O)(=O)NCCc2cccs2)c1F. The molecule has 0 aliphatic rings. The van der Waals surface area contributed by atoms with E-state index in [2.05, 4.69) is 4.72 Å². The summed E-state index contributed by atoms with van der Waals surface area (Å²) in [6.45, 7) is 1.70. The third-order valence-corrected chi connectivity index (χ3v) is 5.17. The highest BCUT2D eigenvalue weighted by atomic mass is 32.2. The van der Waals surface area contributed by atoms with Crippen LogP contribution in [0.5, 0.6) is 0 Å². The number of aryl methyl sites for hydroxylation is 1. The largest absolute Gasteiger partial charge is 0.399 e. The van der Waals surface area contributed by atoms with Gasteiger partial charge in [0.2, 0.25) is 10.0 Å². The van der Waals surface area contributed by atoms with Gasteiger partial charge in [-0.3, -0.25) is 0 Å². The van der Waals surface area contributed by atoms with Crippen LogP contribution < -0.4 is 10.5 Å². The van der Waals surface area contributed by atoms with Crippen molar-refractivity contribution >= 4 is 27.0 Å². The Morgan fingerprint density at radius 3 is 2.80 bits per heavy atom. The second-order valence-corrected chi connectivity index (χ2v) is 7.14. The van der Waals surface area contributed by atoms with Crippen molar-refractivity contribution < 1.29 is 12.8 Å². The quantitative estimate of drug-likeness (QED) is 0.832. The molecule has 0 fully saturated rings. The number of nitrogens with one attached hydrogen (secondary N) is 1. The third kappa shape index (κ3) is 3.36. The van der Waals surface area contributed by atoms with Gasteiger partial charge in [0.05, 0.1) is 0 Å². The van der Waals surface area contributed by atoms with Crippen LogP contribution in [0.1, 0.15) is 10.4 Å². The molecule has 0 spiro atoms. The van der Waals surface area contributed by atoms with Crippen molar-refractivity contribution in [3.05, 3.63) is 45.9 Å². The van der Waals surface area contributed by atoms with Crippen LogP contribution in [0.2, 0.25) is 0 Å². The minimum Gasteiger partial charge on any atom is -0.399 e. The number of benzene rings is 1. The van der Waals surface area contributed by atoms with Gasteiger partial charge in [-0.2, -0.15) is 0 Å². The minimum atomic E-state index is -3.89. The van der Waals surface area contributed by atoms with Crippen molar-refractivity contribution in [2.24, 2.45) is 0 Å². The first-order chi connectivity index (χ1) is 9.40. The highest BCUT2D eigenvalue weighted by Gasteiger charge is 2.20. The van der Waals surface area contributed by atoms with E-state index < -0.39 is 20.7 Å². The Balaban J connectivity index is 2.14. The van der Waals surface area contributed by atoms with E-state index in [1.165, 1.54) is 13.0 Å². The van der Waals surface area contributed by atoms with Gasteiger partial charge in [-0.1, -0.05) is 6.07 Å². The lowest BCUT2D eigenvalue weighted by Crippen LogP contribution is -2.27. The van der Waals surface area contributed by atoms with Gasteiger partial charge in [0.15, 0.2) is 0 Å². The van der Waals surface area contributed by atoms with Gasteiger partial charge in [0, 0.05) is 17.1 Å². The molecule has 0 saturated carbocycles. The minimum absolute atomic E-state index is 0.212. The van der Waals surface area contributed by atoms with E-state index in [4.69, 9.17) is 5.73 Å². The highest BCUT2D eigenvalue weighted by Crippen LogP contribution is 2.21. The summed E-state index contributed by atoms with van der Waals surface area (Å²) in [7, 11) is -3.89. The lowest BCUT2D eigenvalue weighted by Gasteiger charge is -2.09. The van der Waals surface area contributed by atoms with E-state index in [0.717, 1.165) is 10.9 Å².